The minimum absolute atomic E-state index is 0.372. The van der Waals surface area contributed by atoms with E-state index >= 15 is 0 Å². The van der Waals surface area contributed by atoms with Crippen LogP contribution in [0, 0.1) is 5.92 Å². The predicted octanol–water partition coefficient (Wildman–Crippen LogP) is 2.77. The number of alkyl halides is 3. The van der Waals surface area contributed by atoms with Crippen molar-refractivity contribution in [3.63, 3.8) is 0 Å². The van der Waals surface area contributed by atoms with Crippen LogP contribution in [0.5, 0.6) is 0 Å². The Morgan fingerprint density at radius 3 is 2.20 bits per heavy atom. The van der Waals surface area contributed by atoms with Gasteiger partial charge in [0, 0.05) is 0 Å². The second-order valence-corrected chi connectivity index (χ2v) is 3.96. The summed E-state index contributed by atoms with van der Waals surface area (Å²) in [5.74, 6) is 0.832. The van der Waals surface area contributed by atoms with Gasteiger partial charge in [-0.25, -0.2) is 0 Å². The summed E-state index contributed by atoms with van der Waals surface area (Å²) in [4.78, 5) is 0. The van der Waals surface area contributed by atoms with Gasteiger partial charge in [-0.05, 0) is 42.5 Å². The van der Waals surface area contributed by atoms with Gasteiger partial charge in [0.15, 0.2) is 0 Å². The van der Waals surface area contributed by atoms with Crippen LogP contribution in [0.3, 0.4) is 0 Å². The first kappa shape index (κ1) is 10.5. The van der Waals surface area contributed by atoms with Crippen molar-refractivity contribution in [3.05, 3.63) is 35.4 Å². The monoisotopic (exact) mass is 215 g/mol. The molecule has 1 nitrogen and oxygen atoms in total. The first-order chi connectivity index (χ1) is 7.02. The highest BCUT2D eigenvalue weighted by molar-refractivity contribution is 5.30. The Kier molecular flexibility index (Phi) is 2.46. The number of benzene rings is 1. The van der Waals surface area contributed by atoms with Crippen molar-refractivity contribution in [2.75, 3.05) is 6.54 Å². The number of rotatable bonds is 2. The average Bonchev–Trinajstić information content (AvgIpc) is 2.95. The molecule has 2 atom stereocenters. The van der Waals surface area contributed by atoms with Crippen molar-refractivity contribution in [1.29, 1.82) is 0 Å². The SMILES string of the molecule is NC[C@@H]1C[C@H]1c1ccc(C(F)(F)F)cc1. The molecule has 0 bridgehead atoms. The Morgan fingerprint density at radius 2 is 1.80 bits per heavy atom. The maximum absolute atomic E-state index is 12.3. The highest BCUT2D eigenvalue weighted by Crippen LogP contribution is 2.46. The summed E-state index contributed by atoms with van der Waals surface area (Å²) in [6.07, 6.45) is -3.24. The fourth-order valence-corrected chi connectivity index (χ4v) is 1.84. The van der Waals surface area contributed by atoms with Crippen LogP contribution in [-0.4, -0.2) is 6.54 Å². The Morgan fingerprint density at radius 1 is 1.20 bits per heavy atom. The number of halogens is 3. The van der Waals surface area contributed by atoms with Crippen molar-refractivity contribution in [2.45, 2.75) is 18.5 Å². The molecule has 0 heterocycles. The van der Waals surface area contributed by atoms with Gasteiger partial charge in [0.25, 0.3) is 0 Å². The number of nitrogens with two attached hydrogens (primary N) is 1. The normalized spacial score (nSPS) is 25.3. The van der Waals surface area contributed by atoms with E-state index in [1.807, 2.05) is 0 Å². The molecule has 0 spiro atoms. The van der Waals surface area contributed by atoms with Crippen molar-refractivity contribution < 1.29 is 13.2 Å². The predicted molar refractivity (Wildman–Crippen MR) is 51.3 cm³/mol. The minimum atomic E-state index is -4.24. The summed E-state index contributed by atoms with van der Waals surface area (Å²) in [6, 6.07) is 5.40. The van der Waals surface area contributed by atoms with Gasteiger partial charge in [-0.2, -0.15) is 13.2 Å². The molecule has 0 amide bonds. The molecule has 0 unspecified atom stereocenters. The average molecular weight is 215 g/mol. The lowest BCUT2D eigenvalue weighted by Crippen LogP contribution is -2.05. The van der Waals surface area contributed by atoms with Crippen LogP contribution in [0.1, 0.15) is 23.5 Å². The summed E-state index contributed by atoms with van der Waals surface area (Å²) in [7, 11) is 0. The van der Waals surface area contributed by atoms with Crippen LogP contribution < -0.4 is 5.73 Å². The van der Waals surface area contributed by atoms with Gasteiger partial charge in [-0.15, -0.1) is 0 Å². The van der Waals surface area contributed by atoms with E-state index in [1.54, 1.807) is 12.1 Å². The lowest BCUT2D eigenvalue weighted by atomic mass is 10.1. The molecule has 2 rings (SSSR count). The lowest BCUT2D eigenvalue weighted by molar-refractivity contribution is -0.137. The van der Waals surface area contributed by atoms with Crippen LogP contribution in [0.15, 0.2) is 24.3 Å². The molecule has 1 aliphatic carbocycles. The van der Waals surface area contributed by atoms with E-state index in [2.05, 4.69) is 0 Å². The van der Waals surface area contributed by atoms with Crippen LogP contribution >= 0.6 is 0 Å². The smallest absolute Gasteiger partial charge is 0.330 e. The van der Waals surface area contributed by atoms with Crippen molar-refractivity contribution in [2.24, 2.45) is 11.7 Å². The summed E-state index contributed by atoms with van der Waals surface area (Å²) in [6.45, 7) is 0.617. The molecule has 0 aliphatic heterocycles. The zero-order valence-corrected chi connectivity index (χ0v) is 8.09. The molecule has 1 aromatic rings. The quantitative estimate of drug-likeness (QED) is 0.806. The maximum Gasteiger partial charge on any atom is 0.416 e. The molecule has 0 radical (unpaired) electrons. The zero-order valence-electron chi connectivity index (χ0n) is 8.09. The molecule has 0 saturated heterocycles. The van der Waals surface area contributed by atoms with Gasteiger partial charge >= 0.3 is 6.18 Å². The minimum Gasteiger partial charge on any atom is -0.330 e. The van der Waals surface area contributed by atoms with E-state index in [-0.39, 0.29) is 0 Å². The van der Waals surface area contributed by atoms with Gasteiger partial charge < -0.3 is 5.73 Å². The van der Waals surface area contributed by atoms with E-state index < -0.39 is 11.7 Å². The maximum atomic E-state index is 12.3. The Balaban J connectivity index is 2.12. The molecule has 1 saturated carbocycles. The Bertz CT molecular complexity index is 342. The van der Waals surface area contributed by atoms with Gasteiger partial charge in [0.2, 0.25) is 0 Å². The van der Waals surface area contributed by atoms with Crippen LogP contribution in [-0.2, 0) is 6.18 Å². The Labute approximate surface area is 86.1 Å². The highest BCUT2D eigenvalue weighted by Gasteiger charge is 2.37. The number of hydrogen-bond acceptors (Lipinski definition) is 1. The first-order valence-electron chi connectivity index (χ1n) is 4.89. The van der Waals surface area contributed by atoms with Gasteiger partial charge in [0.05, 0.1) is 5.56 Å². The third-order valence-electron chi connectivity index (χ3n) is 2.89. The Hall–Kier alpha value is -1.03. The summed E-state index contributed by atoms with van der Waals surface area (Å²) in [5, 5.41) is 0. The molecule has 15 heavy (non-hydrogen) atoms. The molecule has 4 heteroatoms. The molecular weight excluding hydrogens is 203 g/mol. The first-order valence-corrected chi connectivity index (χ1v) is 4.89. The topological polar surface area (TPSA) is 26.0 Å². The second kappa shape index (κ2) is 3.52. The van der Waals surface area contributed by atoms with Gasteiger partial charge in [0.1, 0.15) is 0 Å². The fourth-order valence-electron chi connectivity index (χ4n) is 1.84. The zero-order chi connectivity index (χ0) is 11.1. The summed E-state index contributed by atoms with van der Waals surface area (Å²) >= 11 is 0. The largest absolute Gasteiger partial charge is 0.416 e. The molecule has 0 aromatic heterocycles. The van der Waals surface area contributed by atoms with E-state index in [0.29, 0.717) is 18.4 Å². The third-order valence-corrected chi connectivity index (χ3v) is 2.89. The third kappa shape index (κ3) is 2.15. The molecule has 2 N–H and O–H groups in total. The molecule has 82 valence electrons. The summed E-state index contributed by atoms with van der Waals surface area (Å²) < 4.78 is 36.8. The summed E-state index contributed by atoms with van der Waals surface area (Å²) in [5.41, 5.74) is 5.86. The molecule has 1 fully saturated rings. The molecule has 1 aliphatic rings. The van der Waals surface area contributed by atoms with Crippen molar-refractivity contribution >= 4 is 0 Å². The standard InChI is InChI=1S/C11H12F3N/c12-11(13,14)9-3-1-7(2-4-9)10-5-8(10)6-15/h1-4,8,10H,5-6,15H2/t8-,10-/m0/s1. The van der Waals surface area contributed by atoms with E-state index in [1.165, 1.54) is 0 Å². The lowest BCUT2D eigenvalue weighted by Gasteiger charge is -2.07. The molecular formula is C11H12F3N. The van der Waals surface area contributed by atoms with E-state index in [4.69, 9.17) is 5.73 Å². The van der Waals surface area contributed by atoms with Crippen LogP contribution in [0.4, 0.5) is 13.2 Å². The fraction of sp³-hybridized carbons (Fsp3) is 0.455. The van der Waals surface area contributed by atoms with Crippen molar-refractivity contribution in [3.8, 4) is 0 Å². The van der Waals surface area contributed by atoms with E-state index in [9.17, 15) is 13.2 Å². The number of hydrogen-bond donors (Lipinski definition) is 1. The van der Waals surface area contributed by atoms with E-state index in [0.717, 1.165) is 24.1 Å². The van der Waals surface area contributed by atoms with Crippen LogP contribution in [0.25, 0.3) is 0 Å². The van der Waals surface area contributed by atoms with Gasteiger partial charge in [-0.3, -0.25) is 0 Å². The highest BCUT2D eigenvalue weighted by atomic mass is 19.4. The van der Waals surface area contributed by atoms with Gasteiger partial charge in [-0.1, -0.05) is 12.1 Å². The van der Waals surface area contributed by atoms with Crippen LogP contribution in [0.2, 0.25) is 0 Å². The molecule has 1 aromatic carbocycles. The van der Waals surface area contributed by atoms with Crippen molar-refractivity contribution in [1.82, 2.24) is 0 Å². The second-order valence-electron chi connectivity index (χ2n) is 3.96.